The highest BCUT2D eigenvalue weighted by Gasteiger charge is 2.25. The van der Waals surface area contributed by atoms with Gasteiger partial charge in [0.1, 0.15) is 13.2 Å². The van der Waals surface area contributed by atoms with E-state index in [9.17, 15) is 13.2 Å². The number of carbonyl (C=O) groups excluding carboxylic acids is 1. The lowest BCUT2D eigenvalue weighted by Gasteiger charge is -2.21. The molecule has 6 nitrogen and oxygen atoms in total. The summed E-state index contributed by atoms with van der Waals surface area (Å²) >= 11 is 0. The maximum atomic E-state index is 11.7. The SMILES string of the molecule is CNC(=O)c1cc(S(=O)(=O)Cl)cc2c1OCCO2. The minimum absolute atomic E-state index is 0.0777. The van der Waals surface area contributed by atoms with E-state index >= 15 is 0 Å². The van der Waals surface area contributed by atoms with Crippen molar-refractivity contribution in [3.8, 4) is 11.5 Å². The normalized spacial score (nSPS) is 14.1. The van der Waals surface area contributed by atoms with Crippen LogP contribution in [0, 0.1) is 0 Å². The molecule has 1 aliphatic heterocycles. The maximum Gasteiger partial charge on any atom is 0.261 e. The van der Waals surface area contributed by atoms with Crippen LogP contribution in [0.25, 0.3) is 0 Å². The highest BCUT2D eigenvalue weighted by Crippen LogP contribution is 2.37. The number of rotatable bonds is 2. The average Bonchev–Trinajstić information content (AvgIpc) is 2.35. The lowest BCUT2D eigenvalue weighted by Crippen LogP contribution is -2.23. The molecule has 0 radical (unpaired) electrons. The molecule has 0 saturated carbocycles. The quantitative estimate of drug-likeness (QED) is 0.813. The van der Waals surface area contributed by atoms with Crippen molar-refractivity contribution in [3.63, 3.8) is 0 Å². The van der Waals surface area contributed by atoms with E-state index in [0.717, 1.165) is 6.07 Å². The van der Waals surface area contributed by atoms with Crippen LogP contribution in [0.4, 0.5) is 0 Å². The van der Waals surface area contributed by atoms with Crippen LogP contribution < -0.4 is 14.8 Å². The molecular weight excluding hydrogens is 282 g/mol. The Bertz CT molecular complexity index is 599. The Morgan fingerprint density at radius 1 is 1.33 bits per heavy atom. The molecule has 1 aliphatic rings. The minimum atomic E-state index is -3.94. The van der Waals surface area contributed by atoms with E-state index in [-0.39, 0.29) is 28.6 Å². The third kappa shape index (κ3) is 2.37. The molecule has 18 heavy (non-hydrogen) atoms. The molecule has 1 amide bonds. The van der Waals surface area contributed by atoms with Crippen LogP contribution in [0.1, 0.15) is 10.4 Å². The molecule has 0 atom stereocenters. The van der Waals surface area contributed by atoms with Crippen LogP contribution in [0.2, 0.25) is 0 Å². The molecule has 1 aromatic rings. The van der Waals surface area contributed by atoms with Crippen LogP contribution in [-0.4, -0.2) is 34.6 Å². The first-order valence-electron chi connectivity index (χ1n) is 5.04. The molecule has 0 aliphatic carbocycles. The molecule has 8 heteroatoms. The smallest absolute Gasteiger partial charge is 0.261 e. The standard InChI is InChI=1S/C10H10ClNO5S/c1-12-10(13)7-4-6(18(11,14)15)5-8-9(7)17-3-2-16-8/h4-5H,2-3H2,1H3,(H,12,13). The lowest BCUT2D eigenvalue weighted by atomic mass is 10.1. The number of hydrogen-bond acceptors (Lipinski definition) is 5. The zero-order valence-electron chi connectivity index (χ0n) is 9.40. The second kappa shape index (κ2) is 4.66. The van der Waals surface area contributed by atoms with Crippen LogP contribution >= 0.6 is 10.7 Å². The number of fused-ring (bicyclic) bond motifs is 1. The largest absolute Gasteiger partial charge is 0.486 e. The lowest BCUT2D eigenvalue weighted by molar-refractivity contribution is 0.0951. The van der Waals surface area contributed by atoms with Gasteiger partial charge in [0.15, 0.2) is 11.5 Å². The van der Waals surface area contributed by atoms with Gasteiger partial charge in [-0.1, -0.05) is 0 Å². The van der Waals surface area contributed by atoms with Crippen molar-refractivity contribution in [1.82, 2.24) is 5.32 Å². The molecule has 0 fully saturated rings. The van der Waals surface area contributed by atoms with Gasteiger partial charge in [-0.15, -0.1) is 0 Å². The monoisotopic (exact) mass is 291 g/mol. The van der Waals surface area contributed by atoms with E-state index in [0.29, 0.717) is 6.61 Å². The minimum Gasteiger partial charge on any atom is -0.486 e. The van der Waals surface area contributed by atoms with E-state index in [2.05, 4.69) is 5.32 Å². The summed E-state index contributed by atoms with van der Waals surface area (Å²) in [6.45, 7) is 0.579. The van der Waals surface area contributed by atoms with Crippen molar-refractivity contribution in [2.75, 3.05) is 20.3 Å². The fourth-order valence-electron chi connectivity index (χ4n) is 1.57. The number of nitrogens with one attached hydrogen (secondary N) is 1. The van der Waals surface area contributed by atoms with E-state index in [1.165, 1.54) is 13.1 Å². The van der Waals surface area contributed by atoms with Gasteiger partial charge in [0.2, 0.25) is 0 Å². The molecule has 0 spiro atoms. The summed E-state index contributed by atoms with van der Waals surface area (Å²) in [6, 6.07) is 2.40. The first kappa shape index (κ1) is 13.0. The van der Waals surface area contributed by atoms with Crippen molar-refractivity contribution in [3.05, 3.63) is 17.7 Å². The summed E-state index contributed by atoms with van der Waals surface area (Å²) < 4.78 is 33.2. The number of amides is 1. The topological polar surface area (TPSA) is 81.7 Å². The molecule has 1 heterocycles. The van der Waals surface area contributed by atoms with Crippen molar-refractivity contribution in [1.29, 1.82) is 0 Å². The molecule has 1 N–H and O–H groups in total. The van der Waals surface area contributed by atoms with Gasteiger partial charge in [-0.05, 0) is 6.07 Å². The molecule has 0 aromatic heterocycles. The van der Waals surface area contributed by atoms with E-state index < -0.39 is 15.0 Å². The van der Waals surface area contributed by atoms with Gasteiger partial charge in [0, 0.05) is 23.8 Å². The summed E-state index contributed by atoms with van der Waals surface area (Å²) in [5.74, 6) is -0.0508. The van der Waals surface area contributed by atoms with Crippen molar-refractivity contribution < 1.29 is 22.7 Å². The van der Waals surface area contributed by atoms with E-state index in [1.807, 2.05) is 0 Å². The van der Waals surface area contributed by atoms with Gasteiger partial charge in [-0.25, -0.2) is 8.42 Å². The third-order valence-electron chi connectivity index (χ3n) is 2.37. The fraction of sp³-hybridized carbons (Fsp3) is 0.300. The summed E-state index contributed by atoms with van der Waals surface area (Å²) in [4.78, 5) is 11.5. The molecule has 2 rings (SSSR count). The number of hydrogen-bond donors (Lipinski definition) is 1. The summed E-state index contributed by atoms with van der Waals surface area (Å²) in [6.07, 6.45) is 0. The predicted molar refractivity (Wildman–Crippen MR) is 63.9 cm³/mol. The van der Waals surface area contributed by atoms with Gasteiger partial charge < -0.3 is 14.8 Å². The number of ether oxygens (including phenoxy) is 2. The third-order valence-corrected chi connectivity index (χ3v) is 3.70. The van der Waals surface area contributed by atoms with Crippen molar-refractivity contribution >= 4 is 25.6 Å². The Morgan fingerprint density at radius 3 is 2.61 bits per heavy atom. The molecule has 0 saturated heterocycles. The van der Waals surface area contributed by atoms with Gasteiger partial charge in [-0.2, -0.15) is 0 Å². The Labute approximate surface area is 108 Å². The van der Waals surface area contributed by atoms with Gasteiger partial charge in [0.25, 0.3) is 15.0 Å². The Morgan fingerprint density at radius 2 is 2.00 bits per heavy atom. The highest BCUT2D eigenvalue weighted by molar-refractivity contribution is 8.13. The van der Waals surface area contributed by atoms with Crippen LogP contribution in [-0.2, 0) is 9.05 Å². The first-order chi connectivity index (χ1) is 8.43. The fourth-order valence-corrected chi connectivity index (χ4v) is 2.35. The van der Waals surface area contributed by atoms with Crippen molar-refractivity contribution in [2.45, 2.75) is 4.90 Å². The Hall–Kier alpha value is -1.47. The molecular formula is C10H10ClNO5S. The van der Waals surface area contributed by atoms with Crippen LogP contribution in [0.5, 0.6) is 11.5 Å². The number of halogens is 1. The summed E-state index contributed by atoms with van der Waals surface area (Å²) in [5.41, 5.74) is 0.0777. The molecule has 0 bridgehead atoms. The first-order valence-corrected chi connectivity index (χ1v) is 7.35. The molecule has 1 aromatic carbocycles. The average molecular weight is 292 g/mol. The number of benzene rings is 1. The Kier molecular flexibility index (Phi) is 3.36. The summed E-state index contributed by atoms with van der Waals surface area (Å²) in [7, 11) is 2.75. The van der Waals surface area contributed by atoms with Gasteiger partial charge >= 0.3 is 0 Å². The zero-order chi connectivity index (χ0) is 13.3. The molecule has 98 valence electrons. The van der Waals surface area contributed by atoms with E-state index in [1.54, 1.807) is 0 Å². The second-order valence-electron chi connectivity index (χ2n) is 3.51. The summed E-state index contributed by atoms with van der Waals surface area (Å²) in [5, 5.41) is 2.40. The Balaban J connectivity index is 2.66. The maximum absolute atomic E-state index is 11.7. The molecule has 0 unspecified atom stereocenters. The van der Waals surface area contributed by atoms with Crippen molar-refractivity contribution in [2.24, 2.45) is 0 Å². The van der Waals surface area contributed by atoms with E-state index in [4.69, 9.17) is 20.2 Å². The van der Waals surface area contributed by atoms with Crippen LogP contribution in [0.15, 0.2) is 17.0 Å². The zero-order valence-corrected chi connectivity index (χ0v) is 11.0. The second-order valence-corrected chi connectivity index (χ2v) is 6.08. The number of carbonyl (C=O) groups is 1. The van der Waals surface area contributed by atoms with Crippen LogP contribution in [0.3, 0.4) is 0 Å². The highest BCUT2D eigenvalue weighted by atomic mass is 35.7. The predicted octanol–water partition coefficient (Wildman–Crippen LogP) is 0.745. The van der Waals surface area contributed by atoms with Gasteiger partial charge in [-0.3, -0.25) is 4.79 Å². The van der Waals surface area contributed by atoms with Gasteiger partial charge in [0.05, 0.1) is 10.5 Å².